The van der Waals surface area contributed by atoms with Crippen LogP contribution in [0.5, 0.6) is 0 Å². The summed E-state index contributed by atoms with van der Waals surface area (Å²) in [6.07, 6.45) is 9.14. The molecule has 2 nitrogen and oxygen atoms in total. The van der Waals surface area contributed by atoms with E-state index in [0.717, 1.165) is 12.3 Å². The van der Waals surface area contributed by atoms with E-state index in [1.54, 1.807) is 5.06 Å². The van der Waals surface area contributed by atoms with Gasteiger partial charge in [-0.25, -0.2) is 0 Å². The summed E-state index contributed by atoms with van der Waals surface area (Å²) in [4.78, 5) is 0. The summed E-state index contributed by atoms with van der Waals surface area (Å²) in [6, 6.07) is 0.449. The normalized spacial score (nSPS) is 34.9. The minimum absolute atomic E-state index is 0.0160. The lowest BCUT2D eigenvalue weighted by molar-refractivity contribution is -0.177. The van der Waals surface area contributed by atoms with Crippen molar-refractivity contribution in [2.24, 2.45) is 5.92 Å². The summed E-state index contributed by atoms with van der Waals surface area (Å²) in [5, 5.41) is 11.8. The summed E-state index contributed by atoms with van der Waals surface area (Å²) in [5.41, 5.74) is 0.0160. The number of rotatable bonds is 1. The molecule has 2 aliphatic rings. The zero-order chi connectivity index (χ0) is 10.2. The largest absolute Gasteiger partial charge is 0.313 e. The van der Waals surface area contributed by atoms with Gasteiger partial charge in [-0.15, -0.1) is 0 Å². The first-order valence-corrected chi connectivity index (χ1v) is 6.09. The quantitative estimate of drug-likeness (QED) is 0.697. The Morgan fingerprint density at radius 3 is 2.21 bits per heavy atom. The molecule has 82 valence electrons. The Morgan fingerprint density at radius 2 is 1.71 bits per heavy atom. The summed E-state index contributed by atoms with van der Waals surface area (Å²) >= 11 is 0. The van der Waals surface area contributed by atoms with Crippen LogP contribution in [0.15, 0.2) is 0 Å². The maximum Gasteiger partial charge on any atom is 0.0408 e. The van der Waals surface area contributed by atoms with Gasteiger partial charge in [0.15, 0.2) is 0 Å². The van der Waals surface area contributed by atoms with Crippen molar-refractivity contribution in [2.75, 3.05) is 0 Å². The molecule has 1 aliphatic heterocycles. The van der Waals surface area contributed by atoms with Crippen LogP contribution in [0.3, 0.4) is 0 Å². The Morgan fingerprint density at radius 1 is 1.07 bits per heavy atom. The van der Waals surface area contributed by atoms with Crippen LogP contribution >= 0.6 is 0 Å². The summed E-state index contributed by atoms with van der Waals surface area (Å²) in [5.74, 6) is 0.760. The van der Waals surface area contributed by atoms with Crippen LogP contribution in [-0.4, -0.2) is 21.9 Å². The highest BCUT2D eigenvalue weighted by Gasteiger charge is 2.42. The van der Waals surface area contributed by atoms with E-state index >= 15 is 0 Å². The van der Waals surface area contributed by atoms with Crippen molar-refractivity contribution in [1.82, 2.24) is 5.06 Å². The number of nitrogens with zero attached hydrogens (tertiary/aromatic N) is 1. The lowest BCUT2D eigenvalue weighted by Crippen LogP contribution is -2.43. The Labute approximate surface area is 87.3 Å². The predicted octanol–water partition coefficient (Wildman–Crippen LogP) is 3.20. The summed E-state index contributed by atoms with van der Waals surface area (Å²) < 4.78 is 0. The predicted molar refractivity (Wildman–Crippen MR) is 57.3 cm³/mol. The number of hydroxylamine groups is 2. The average molecular weight is 197 g/mol. The minimum Gasteiger partial charge on any atom is -0.313 e. The van der Waals surface area contributed by atoms with Crippen molar-refractivity contribution >= 4 is 0 Å². The Hall–Kier alpha value is -0.0800. The number of hydrogen-bond donors (Lipinski definition) is 1. The molecule has 14 heavy (non-hydrogen) atoms. The molecule has 0 aromatic rings. The Balaban J connectivity index is 1.98. The van der Waals surface area contributed by atoms with Crippen LogP contribution in [0.2, 0.25) is 0 Å². The van der Waals surface area contributed by atoms with Gasteiger partial charge in [0, 0.05) is 11.6 Å². The SMILES string of the molecule is CC1(C)CC[C@H](C2CCCCC2)N1O. The van der Waals surface area contributed by atoms with Gasteiger partial charge in [-0.1, -0.05) is 19.3 Å². The molecule has 1 heterocycles. The van der Waals surface area contributed by atoms with E-state index in [1.807, 2.05) is 0 Å². The molecule has 0 radical (unpaired) electrons. The topological polar surface area (TPSA) is 23.5 Å². The first-order chi connectivity index (χ1) is 6.61. The second-order valence-electron chi connectivity index (χ2n) is 5.66. The smallest absolute Gasteiger partial charge is 0.0408 e. The van der Waals surface area contributed by atoms with E-state index in [9.17, 15) is 5.21 Å². The zero-order valence-corrected chi connectivity index (χ0v) is 9.50. The van der Waals surface area contributed by atoms with Gasteiger partial charge in [0.1, 0.15) is 0 Å². The molecule has 0 unspecified atom stereocenters. The maximum absolute atomic E-state index is 10.1. The van der Waals surface area contributed by atoms with Crippen LogP contribution < -0.4 is 0 Å². The molecular formula is C12H23NO. The lowest BCUT2D eigenvalue weighted by Gasteiger charge is -2.35. The van der Waals surface area contributed by atoms with E-state index in [1.165, 1.54) is 38.5 Å². The van der Waals surface area contributed by atoms with Gasteiger partial charge >= 0.3 is 0 Å². The van der Waals surface area contributed by atoms with E-state index < -0.39 is 0 Å². The van der Waals surface area contributed by atoms with Crippen molar-refractivity contribution in [3.05, 3.63) is 0 Å². The van der Waals surface area contributed by atoms with E-state index in [4.69, 9.17) is 0 Å². The molecule has 0 aromatic carbocycles. The van der Waals surface area contributed by atoms with Gasteiger partial charge < -0.3 is 5.21 Å². The molecule has 0 bridgehead atoms. The molecule has 2 fully saturated rings. The first kappa shape index (κ1) is 10.4. The molecule has 2 heteroatoms. The zero-order valence-electron chi connectivity index (χ0n) is 9.50. The third-order valence-corrected chi connectivity index (χ3v) is 4.18. The van der Waals surface area contributed by atoms with Crippen molar-refractivity contribution in [2.45, 2.75) is 70.4 Å². The van der Waals surface area contributed by atoms with Crippen LogP contribution in [-0.2, 0) is 0 Å². The van der Waals surface area contributed by atoms with Gasteiger partial charge in [0.2, 0.25) is 0 Å². The number of hydrogen-bond acceptors (Lipinski definition) is 2. The van der Waals surface area contributed by atoms with Crippen LogP contribution in [0, 0.1) is 5.92 Å². The molecule has 1 saturated carbocycles. The van der Waals surface area contributed by atoms with Crippen molar-refractivity contribution < 1.29 is 5.21 Å². The standard InChI is InChI=1S/C12H23NO/c1-12(2)9-8-11(13(12)14)10-6-4-3-5-7-10/h10-11,14H,3-9H2,1-2H3/t11-/m1/s1. The van der Waals surface area contributed by atoms with Gasteiger partial charge in [-0.05, 0) is 45.4 Å². The van der Waals surface area contributed by atoms with Crippen LogP contribution in [0.25, 0.3) is 0 Å². The van der Waals surface area contributed by atoms with E-state index in [-0.39, 0.29) is 5.54 Å². The fraction of sp³-hybridized carbons (Fsp3) is 1.00. The Kier molecular flexibility index (Phi) is 2.85. The van der Waals surface area contributed by atoms with E-state index in [2.05, 4.69) is 13.8 Å². The Bertz CT molecular complexity index is 196. The molecule has 0 aromatic heterocycles. The minimum atomic E-state index is 0.0160. The van der Waals surface area contributed by atoms with Crippen molar-refractivity contribution in [3.8, 4) is 0 Å². The molecule has 0 amide bonds. The van der Waals surface area contributed by atoms with Gasteiger partial charge in [-0.3, -0.25) is 0 Å². The van der Waals surface area contributed by atoms with Crippen LogP contribution in [0.4, 0.5) is 0 Å². The molecular weight excluding hydrogens is 174 g/mol. The lowest BCUT2D eigenvalue weighted by atomic mass is 9.83. The monoisotopic (exact) mass is 197 g/mol. The fourth-order valence-electron chi connectivity index (χ4n) is 3.14. The second-order valence-corrected chi connectivity index (χ2v) is 5.66. The summed E-state index contributed by atoms with van der Waals surface area (Å²) in [6.45, 7) is 4.30. The van der Waals surface area contributed by atoms with E-state index in [0.29, 0.717) is 6.04 Å². The average Bonchev–Trinajstić information content (AvgIpc) is 2.44. The molecule has 1 saturated heterocycles. The summed E-state index contributed by atoms with van der Waals surface area (Å²) in [7, 11) is 0. The third kappa shape index (κ3) is 1.82. The fourth-order valence-corrected chi connectivity index (χ4v) is 3.14. The van der Waals surface area contributed by atoms with Crippen LogP contribution in [0.1, 0.15) is 58.8 Å². The van der Waals surface area contributed by atoms with Gasteiger partial charge in [-0.2, -0.15) is 5.06 Å². The molecule has 1 atom stereocenters. The van der Waals surface area contributed by atoms with Crippen molar-refractivity contribution in [1.29, 1.82) is 0 Å². The van der Waals surface area contributed by atoms with Crippen molar-refractivity contribution in [3.63, 3.8) is 0 Å². The molecule has 2 rings (SSSR count). The molecule has 0 spiro atoms. The second kappa shape index (κ2) is 3.82. The highest BCUT2D eigenvalue weighted by atomic mass is 16.5. The molecule has 1 N–H and O–H groups in total. The molecule has 1 aliphatic carbocycles. The van der Waals surface area contributed by atoms with Gasteiger partial charge in [0.05, 0.1) is 0 Å². The highest BCUT2D eigenvalue weighted by Crippen LogP contribution is 2.39. The highest BCUT2D eigenvalue weighted by molar-refractivity contribution is 4.93. The van der Waals surface area contributed by atoms with Gasteiger partial charge in [0.25, 0.3) is 0 Å². The first-order valence-electron chi connectivity index (χ1n) is 6.09. The third-order valence-electron chi connectivity index (χ3n) is 4.18. The maximum atomic E-state index is 10.1.